The molecule has 0 bridgehead atoms. The molecule has 22 heavy (non-hydrogen) atoms. The Morgan fingerprint density at radius 2 is 1.50 bits per heavy atom. The fourth-order valence-corrected chi connectivity index (χ4v) is 2.70. The maximum absolute atomic E-state index is 10.0. The lowest BCUT2D eigenvalue weighted by Gasteiger charge is -2.13. The number of hydrogen-bond donors (Lipinski definition) is 2. The van der Waals surface area contributed by atoms with Gasteiger partial charge in [0.1, 0.15) is 11.5 Å². The molecule has 4 nitrogen and oxygen atoms in total. The third-order valence-corrected chi connectivity index (χ3v) is 4.29. The lowest BCUT2D eigenvalue weighted by atomic mass is 10.3. The van der Waals surface area contributed by atoms with Crippen LogP contribution in [-0.4, -0.2) is 37.7 Å². The van der Waals surface area contributed by atoms with E-state index in [9.17, 15) is 5.11 Å². The van der Waals surface area contributed by atoms with Gasteiger partial charge in [-0.15, -0.1) is 11.8 Å². The quantitative estimate of drug-likeness (QED) is 0.731. The summed E-state index contributed by atoms with van der Waals surface area (Å²) in [4.78, 5) is 1.12. The summed E-state index contributed by atoms with van der Waals surface area (Å²) < 4.78 is 10.2. The fraction of sp³-hybridized carbons (Fsp3) is 0.294. The molecule has 1 atom stereocenters. The molecule has 2 aromatic rings. The minimum atomic E-state index is -0.422. The lowest BCUT2D eigenvalue weighted by Crippen LogP contribution is -2.21. The van der Waals surface area contributed by atoms with Crippen molar-refractivity contribution in [1.29, 1.82) is 0 Å². The first-order valence-corrected chi connectivity index (χ1v) is 8.02. The third kappa shape index (κ3) is 5.16. The molecule has 0 aliphatic carbocycles. The highest BCUT2D eigenvalue weighted by Gasteiger charge is 2.05. The first kappa shape index (κ1) is 16.5. The van der Waals surface area contributed by atoms with Crippen molar-refractivity contribution in [3.05, 3.63) is 48.5 Å². The number of benzene rings is 2. The second-order valence-electron chi connectivity index (χ2n) is 4.75. The summed E-state index contributed by atoms with van der Waals surface area (Å²) in [6.45, 7) is 0.509. The molecule has 0 amide bonds. The number of ether oxygens (including phenoxy) is 2. The van der Waals surface area contributed by atoms with Crippen LogP contribution in [0.1, 0.15) is 0 Å². The van der Waals surface area contributed by atoms with Crippen LogP contribution in [0, 0.1) is 0 Å². The monoisotopic (exact) mass is 319 g/mol. The van der Waals surface area contributed by atoms with Crippen LogP contribution in [0.3, 0.4) is 0 Å². The Morgan fingerprint density at radius 1 is 0.955 bits per heavy atom. The number of thioether (sulfide) groups is 1. The first-order valence-electron chi connectivity index (χ1n) is 7.04. The zero-order chi connectivity index (χ0) is 15.8. The summed E-state index contributed by atoms with van der Waals surface area (Å²) >= 11 is 1.62. The van der Waals surface area contributed by atoms with Crippen LogP contribution >= 0.6 is 11.8 Å². The zero-order valence-electron chi connectivity index (χ0n) is 12.8. The largest absolute Gasteiger partial charge is 0.497 e. The van der Waals surface area contributed by atoms with Gasteiger partial charge in [0.25, 0.3) is 0 Å². The Morgan fingerprint density at radius 3 is 2.05 bits per heavy atom. The van der Waals surface area contributed by atoms with Crippen LogP contribution in [0.4, 0.5) is 5.69 Å². The molecule has 0 heterocycles. The molecule has 0 aliphatic heterocycles. The van der Waals surface area contributed by atoms with Gasteiger partial charge in [0, 0.05) is 22.9 Å². The van der Waals surface area contributed by atoms with Gasteiger partial charge in [0.15, 0.2) is 0 Å². The summed E-state index contributed by atoms with van der Waals surface area (Å²) in [6, 6.07) is 15.5. The van der Waals surface area contributed by atoms with E-state index in [1.807, 2.05) is 48.5 Å². The molecule has 0 spiro atoms. The Kier molecular flexibility index (Phi) is 6.43. The van der Waals surface area contributed by atoms with Gasteiger partial charge in [0.05, 0.1) is 20.3 Å². The second-order valence-corrected chi connectivity index (χ2v) is 5.84. The molecular formula is C17H21NO3S. The van der Waals surface area contributed by atoms with E-state index in [0.29, 0.717) is 12.3 Å². The van der Waals surface area contributed by atoms with Gasteiger partial charge >= 0.3 is 0 Å². The number of anilines is 1. The van der Waals surface area contributed by atoms with Crippen molar-refractivity contribution in [2.24, 2.45) is 0 Å². The molecule has 0 fully saturated rings. The summed E-state index contributed by atoms with van der Waals surface area (Å²) in [7, 11) is 3.29. The number of aliphatic hydroxyl groups is 1. The van der Waals surface area contributed by atoms with Crippen LogP contribution in [0.25, 0.3) is 0 Å². The van der Waals surface area contributed by atoms with Crippen molar-refractivity contribution in [3.8, 4) is 11.5 Å². The maximum atomic E-state index is 10.0. The smallest absolute Gasteiger partial charge is 0.119 e. The fourth-order valence-electron chi connectivity index (χ4n) is 1.87. The van der Waals surface area contributed by atoms with Crippen molar-refractivity contribution in [1.82, 2.24) is 0 Å². The molecule has 0 saturated carbocycles. The second kappa shape index (κ2) is 8.56. The minimum absolute atomic E-state index is 0.422. The Labute approximate surface area is 135 Å². The standard InChI is InChI=1S/C17H21NO3S/c1-20-15-5-3-13(4-6-15)18-11-14(19)12-22-17-9-7-16(21-2)8-10-17/h3-10,14,18-19H,11-12H2,1-2H3/t14-/m1/s1. The summed E-state index contributed by atoms with van der Waals surface area (Å²) in [5, 5.41) is 13.3. The molecule has 2 rings (SSSR count). The number of rotatable bonds is 8. The van der Waals surface area contributed by atoms with Gasteiger partial charge in [-0.2, -0.15) is 0 Å². The highest BCUT2D eigenvalue weighted by Crippen LogP contribution is 2.22. The predicted molar refractivity (Wildman–Crippen MR) is 91.2 cm³/mol. The average Bonchev–Trinajstić information content (AvgIpc) is 2.59. The number of aliphatic hydroxyl groups excluding tert-OH is 1. The zero-order valence-corrected chi connectivity index (χ0v) is 13.6. The van der Waals surface area contributed by atoms with Gasteiger partial charge in [-0.25, -0.2) is 0 Å². The van der Waals surface area contributed by atoms with E-state index in [1.165, 1.54) is 0 Å². The number of nitrogens with one attached hydrogen (secondary N) is 1. The van der Waals surface area contributed by atoms with E-state index in [2.05, 4.69) is 5.32 Å². The molecule has 0 aliphatic rings. The van der Waals surface area contributed by atoms with Crippen LogP contribution in [0.5, 0.6) is 11.5 Å². The number of methoxy groups -OCH3 is 2. The Bertz CT molecular complexity index is 506. The molecule has 0 aromatic heterocycles. The predicted octanol–water partition coefficient (Wildman–Crippen LogP) is 3.27. The van der Waals surface area contributed by atoms with Crippen molar-refractivity contribution in [3.63, 3.8) is 0 Å². The molecule has 0 radical (unpaired) electrons. The van der Waals surface area contributed by atoms with Gasteiger partial charge in [-0.3, -0.25) is 0 Å². The molecule has 2 N–H and O–H groups in total. The van der Waals surface area contributed by atoms with E-state index >= 15 is 0 Å². The minimum Gasteiger partial charge on any atom is -0.497 e. The van der Waals surface area contributed by atoms with E-state index in [1.54, 1.807) is 26.0 Å². The summed E-state index contributed by atoms with van der Waals surface area (Å²) in [5.41, 5.74) is 0.967. The third-order valence-electron chi connectivity index (χ3n) is 3.13. The Hall–Kier alpha value is -1.85. The molecular weight excluding hydrogens is 298 g/mol. The Balaban J connectivity index is 1.73. The molecule has 118 valence electrons. The van der Waals surface area contributed by atoms with Crippen LogP contribution in [0.15, 0.2) is 53.4 Å². The van der Waals surface area contributed by atoms with Crippen molar-refractivity contribution in [2.45, 2.75) is 11.0 Å². The summed E-state index contributed by atoms with van der Waals surface area (Å²) in [5.74, 6) is 2.29. The van der Waals surface area contributed by atoms with E-state index in [4.69, 9.17) is 9.47 Å². The molecule has 5 heteroatoms. The van der Waals surface area contributed by atoms with Crippen LogP contribution in [0.2, 0.25) is 0 Å². The van der Waals surface area contributed by atoms with Gasteiger partial charge < -0.3 is 19.9 Å². The van der Waals surface area contributed by atoms with E-state index in [-0.39, 0.29) is 0 Å². The van der Waals surface area contributed by atoms with E-state index < -0.39 is 6.10 Å². The molecule has 2 aromatic carbocycles. The average molecular weight is 319 g/mol. The SMILES string of the molecule is COc1ccc(NC[C@@H](O)CSc2ccc(OC)cc2)cc1. The van der Waals surface area contributed by atoms with Gasteiger partial charge in [-0.05, 0) is 48.5 Å². The van der Waals surface area contributed by atoms with Crippen molar-refractivity contribution >= 4 is 17.4 Å². The van der Waals surface area contributed by atoms with Crippen LogP contribution < -0.4 is 14.8 Å². The van der Waals surface area contributed by atoms with E-state index in [0.717, 1.165) is 22.1 Å². The van der Waals surface area contributed by atoms with Gasteiger partial charge in [0.2, 0.25) is 0 Å². The first-order chi connectivity index (χ1) is 10.7. The normalized spacial score (nSPS) is 11.8. The van der Waals surface area contributed by atoms with Gasteiger partial charge in [-0.1, -0.05) is 0 Å². The number of hydrogen-bond acceptors (Lipinski definition) is 5. The lowest BCUT2D eigenvalue weighted by molar-refractivity contribution is 0.213. The topological polar surface area (TPSA) is 50.7 Å². The highest BCUT2D eigenvalue weighted by atomic mass is 32.2. The van der Waals surface area contributed by atoms with Crippen molar-refractivity contribution < 1.29 is 14.6 Å². The molecule has 0 unspecified atom stereocenters. The highest BCUT2D eigenvalue weighted by molar-refractivity contribution is 7.99. The van der Waals surface area contributed by atoms with Crippen molar-refractivity contribution in [2.75, 3.05) is 31.8 Å². The van der Waals surface area contributed by atoms with Crippen LogP contribution in [-0.2, 0) is 0 Å². The summed E-state index contributed by atoms with van der Waals surface area (Å²) in [6.07, 6.45) is -0.422. The molecule has 0 saturated heterocycles. The maximum Gasteiger partial charge on any atom is 0.119 e.